The molecule has 1 saturated carbocycles. The highest BCUT2D eigenvalue weighted by Crippen LogP contribution is 2.32. The van der Waals surface area contributed by atoms with Gasteiger partial charge in [0.15, 0.2) is 0 Å². The number of aromatic nitrogens is 2. The van der Waals surface area contributed by atoms with Crippen molar-refractivity contribution in [2.24, 2.45) is 5.92 Å². The summed E-state index contributed by atoms with van der Waals surface area (Å²) in [7, 11) is 0. The largest absolute Gasteiger partial charge is 0.334 e. The molecule has 17 heavy (non-hydrogen) atoms. The van der Waals surface area contributed by atoms with E-state index >= 15 is 0 Å². The van der Waals surface area contributed by atoms with E-state index in [1.807, 2.05) is 6.33 Å². The Morgan fingerprint density at radius 2 is 2.29 bits per heavy atom. The Morgan fingerprint density at radius 1 is 1.47 bits per heavy atom. The van der Waals surface area contributed by atoms with Crippen molar-refractivity contribution >= 4 is 0 Å². The molecule has 0 spiro atoms. The third kappa shape index (κ3) is 2.13. The molecule has 94 valence electrons. The van der Waals surface area contributed by atoms with E-state index in [9.17, 15) is 0 Å². The van der Waals surface area contributed by atoms with Crippen LogP contribution in [0.3, 0.4) is 0 Å². The predicted molar refractivity (Wildman–Crippen MR) is 69.0 cm³/mol. The molecular formula is C14H23N3. The zero-order valence-electron chi connectivity index (χ0n) is 10.8. The molecule has 1 aliphatic heterocycles. The van der Waals surface area contributed by atoms with Gasteiger partial charge in [0.25, 0.3) is 0 Å². The summed E-state index contributed by atoms with van der Waals surface area (Å²) in [5, 5.41) is 3.48. The topological polar surface area (TPSA) is 29.9 Å². The van der Waals surface area contributed by atoms with Gasteiger partial charge in [-0.25, -0.2) is 4.98 Å². The van der Waals surface area contributed by atoms with Gasteiger partial charge in [-0.1, -0.05) is 19.8 Å². The van der Waals surface area contributed by atoms with Crippen LogP contribution in [0.4, 0.5) is 0 Å². The highest BCUT2D eigenvalue weighted by molar-refractivity contribution is 5.17. The Kier molecular flexibility index (Phi) is 2.95. The molecule has 3 nitrogen and oxygen atoms in total. The minimum atomic E-state index is 0.301. The van der Waals surface area contributed by atoms with Gasteiger partial charge in [0, 0.05) is 30.4 Å². The third-order valence-electron chi connectivity index (χ3n) is 4.63. The lowest BCUT2D eigenvalue weighted by Crippen LogP contribution is -2.28. The minimum Gasteiger partial charge on any atom is -0.334 e. The first-order valence-corrected chi connectivity index (χ1v) is 6.99. The summed E-state index contributed by atoms with van der Waals surface area (Å²) >= 11 is 0. The Labute approximate surface area is 104 Å². The molecule has 1 aliphatic carbocycles. The monoisotopic (exact) mass is 233 g/mol. The van der Waals surface area contributed by atoms with E-state index in [1.54, 1.807) is 0 Å². The maximum absolute atomic E-state index is 4.39. The summed E-state index contributed by atoms with van der Waals surface area (Å²) in [5.74, 6) is 0.890. The maximum Gasteiger partial charge on any atom is 0.0948 e. The predicted octanol–water partition coefficient (Wildman–Crippen LogP) is 2.32. The minimum absolute atomic E-state index is 0.301. The molecule has 1 unspecified atom stereocenters. The molecular weight excluding hydrogens is 210 g/mol. The molecule has 1 atom stereocenters. The number of nitrogens with one attached hydrogen (secondary N) is 1. The van der Waals surface area contributed by atoms with Crippen LogP contribution in [0.1, 0.15) is 44.7 Å². The lowest BCUT2D eigenvalue weighted by molar-refractivity contribution is 0.410. The number of imidazole rings is 1. The van der Waals surface area contributed by atoms with Gasteiger partial charge in [0.1, 0.15) is 0 Å². The SMILES string of the molecule is CC1(c2cncn2CC2CCCC2)CCNC1. The summed E-state index contributed by atoms with van der Waals surface area (Å²) in [4.78, 5) is 4.39. The lowest BCUT2D eigenvalue weighted by Gasteiger charge is -2.25. The molecule has 0 amide bonds. The number of hydrogen-bond acceptors (Lipinski definition) is 2. The second-order valence-corrected chi connectivity index (χ2v) is 6.07. The van der Waals surface area contributed by atoms with Crippen molar-refractivity contribution in [1.29, 1.82) is 0 Å². The van der Waals surface area contributed by atoms with Gasteiger partial charge >= 0.3 is 0 Å². The smallest absolute Gasteiger partial charge is 0.0948 e. The number of rotatable bonds is 3. The fourth-order valence-electron chi connectivity index (χ4n) is 3.48. The second-order valence-electron chi connectivity index (χ2n) is 6.07. The first-order valence-electron chi connectivity index (χ1n) is 6.99. The summed E-state index contributed by atoms with van der Waals surface area (Å²) in [6.45, 7) is 5.80. The normalized spacial score (nSPS) is 30.2. The van der Waals surface area contributed by atoms with E-state index in [0.29, 0.717) is 5.41 Å². The Morgan fingerprint density at radius 3 is 3.00 bits per heavy atom. The average molecular weight is 233 g/mol. The first kappa shape index (κ1) is 11.3. The van der Waals surface area contributed by atoms with Crippen molar-refractivity contribution in [2.45, 2.75) is 51.0 Å². The van der Waals surface area contributed by atoms with Crippen LogP contribution in [0.25, 0.3) is 0 Å². The van der Waals surface area contributed by atoms with E-state index in [4.69, 9.17) is 0 Å². The highest BCUT2D eigenvalue weighted by atomic mass is 15.1. The van der Waals surface area contributed by atoms with Crippen LogP contribution in [0, 0.1) is 5.92 Å². The van der Waals surface area contributed by atoms with E-state index in [1.165, 1.54) is 44.3 Å². The van der Waals surface area contributed by atoms with Gasteiger partial charge in [0.2, 0.25) is 0 Å². The Balaban J connectivity index is 1.78. The molecule has 1 saturated heterocycles. The molecule has 0 bridgehead atoms. The molecule has 0 radical (unpaired) electrons. The quantitative estimate of drug-likeness (QED) is 0.868. The zero-order chi connectivity index (χ0) is 11.7. The van der Waals surface area contributed by atoms with Crippen molar-refractivity contribution in [3.05, 3.63) is 18.2 Å². The van der Waals surface area contributed by atoms with E-state index in [0.717, 1.165) is 19.0 Å². The van der Waals surface area contributed by atoms with Gasteiger partial charge in [-0.05, 0) is 31.7 Å². The molecule has 3 rings (SSSR count). The Bertz CT molecular complexity index is 371. The van der Waals surface area contributed by atoms with Crippen LogP contribution in [0.5, 0.6) is 0 Å². The summed E-state index contributed by atoms with van der Waals surface area (Å²) in [5.41, 5.74) is 1.74. The van der Waals surface area contributed by atoms with Crippen molar-refractivity contribution in [2.75, 3.05) is 13.1 Å². The average Bonchev–Trinajstić information content (AvgIpc) is 3.00. The Hall–Kier alpha value is -0.830. The molecule has 3 heteroatoms. The summed E-state index contributed by atoms with van der Waals surface area (Å²) in [6.07, 6.45) is 11.0. The van der Waals surface area contributed by atoms with Crippen molar-refractivity contribution in [1.82, 2.24) is 14.9 Å². The van der Waals surface area contributed by atoms with Crippen LogP contribution in [0.15, 0.2) is 12.5 Å². The molecule has 1 N–H and O–H groups in total. The fraction of sp³-hybridized carbons (Fsp3) is 0.786. The molecule has 2 heterocycles. The van der Waals surface area contributed by atoms with Gasteiger partial charge < -0.3 is 9.88 Å². The van der Waals surface area contributed by atoms with E-state index in [2.05, 4.69) is 28.0 Å². The highest BCUT2D eigenvalue weighted by Gasteiger charge is 2.33. The van der Waals surface area contributed by atoms with Crippen LogP contribution in [-0.2, 0) is 12.0 Å². The van der Waals surface area contributed by atoms with Crippen LogP contribution in [0.2, 0.25) is 0 Å². The van der Waals surface area contributed by atoms with Crippen molar-refractivity contribution < 1.29 is 0 Å². The lowest BCUT2D eigenvalue weighted by atomic mass is 9.86. The molecule has 2 fully saturated rings. The van der Waals surface area contributed by atoms with Crippen LogP contribution < -0.4 is 5.32 Å². The van der Waals surface area contributed by atoms with Gasteiger partial charge in [-0.3, -0.25) is 0 Å². The molecule has 2 aliphatic rings. The number of nitrogens with zero attached hydrogens (tertiary/aromatic N) is 2. The van der Waals surface area contributed by atoms with E-state index in [-0.39, 0.29) is 0 Å². The molecule has 1 aromatic rings. The first-order chi connectivity index (χ1) is 8.28. The molecule has 1 aromatic heterocycles. The van der Waals surface area contributed by atoms with Crippen molar-refractivity contribution in [3.8, 4) is 0 Å². The third-order valence-corrected chi connectivity index (χ3v) is 4.63. The summed E-state index contributed by atoms with van der Waals surface area (Å²) in [6, 6.07) is 0. The standard InChI is InChI=1S/C14H23N3/c1-14(6-7-15-10-14)13-8-16-11-17(13)9-12-4-2-3-5-12/h8,11-12,15H,2-7,9-10H2,1H3. The van der Waals surface area contributed by atoms with E-state index < -0.39 is 0 Å². The summed E-state index contributed by atoms with van der Waals surface area (Å²) < 4.78 is 2.42. The van der Waals surface area contributed by atoms with Crippen molar-refractivity contribution in [3.63, 3.8) is 0 Å². The second kappa shape index (κ2) is 4.45. The van der Waals surface area contributed by atoms with Gasteiger partial charge in [0.05, 0.1) is 6.33 Å². The fourth-order valence-corrected chi connectivity index (χ4v) is 3.48. The van der Waals surface area contributed by atoms with Crippen LogP contribution >= 0.6 is 0 Å². The molecule has 0 aromatic carbocycles. The van der Waals surface area contributed by atoms with Gasteiger partial charge in [-0.15, -0.1) is 0 Å². The van der Waals surface area contributed by atoms with Gasteiger partial charge in [-0.2, -0.15) is 0 Å². The van der Waals surface area contributed by atoms with Crippen LogP contribution in [-0.4, -0.2) is 22.6 Å². The zero-order valence-corrected chi connectivity index (χ0v) is 10.8. The number of hydrogen-bond donors (Lipinski definition) is 1. The maximum atomic E-state index is 4.39.